The summed E-state index contributed by atoms with van der Waals surface area (Å²) < 4.78 is 10.9. The molecule has 0 aliphatic carbocycles. The Morgan fingerprint density at radius 3 is 3.19 bits per heavy atom. The van der Waals surface area contributed by atoms with Crippen molar-refractivity contribution in [3.63, 3.8) is 0 Å². The van der Waals surface area contributed by atoms with Crippen LogP contribution in [-0.2, 0) is 22.5 Å². The van der Waals surface area contributed by atoms with Crippen LogP contribution in [0.25, 0.3) is 0 Å². The summed E-state index contributed by atoms with van der Waals surface area (Å²) in [5.74, 6) is 1.05. The molecule has 3 rings (SSSR count). The SMILES string of the molecule is O=C(C[C@@H]1COCCN1)NCc1ccc2c(c1)CCCO2. The fourth-order valence-electron chi connectivity index (χ4n) is 2.77. The largest absolute Gasteiger partial charge is 0.493 e. The first kappa shape index (κ1) is 14.4. The lowest BCUT2D eigenvalue weighted by atomic mass is 10.0. The molecule has 1 amide bonds. The lowest BCUT2D eigenvalue weighted by Crippen LogP contribution is -2.44. The first-order chi connectivity index (χ1) is 10.3. The minimum atomic E-state index is 0.0620. The van der Waals surface area contributed by atoms with Gasteiger partial charge in [-0.3, -0.25) is 4.79 Å². The normalized spacial score (nSPS) is 21.2. The van der Waals surface area contributed by atoms with Gasteiger partial charge in [-0.2, -0.15) is 0 Å². The number of carbonyl (C=O) groups is 1. The zero-order valence-corrected chi connectivity index (χ0v) is 12.2. The summed E-state index contributed by atoms with van der Waals surface area (Å²) in [5, 5.41) is 6.26. The van der Waals surface area contributed by atoms with Crippen molar-refractivity contribution in [1.29, 1.82) is 0 Å². The van der Waals surface area contributed by atoms with Crippen molar-refractivity contribution in [3.8, 4) is 5.75 Å². The van der Waals surface area contributed by atoms with E-state index in [2.05, 4.69) is 16.7 Å². The van der Waals surface area contributed by atoms with E-state index >= 15 is 0 Å². The molecule has 1 saturated heterocycles. The summed E-state index contributed by atoms with van der Waals surface area (Å²) in [7, 11) is 0. The summed E-state index contributed by atoms with van der Waals surface area (Å²) in [5.41, 5.74) is 2.37. The second-order valence-corrected chi connectivity index (χ2v) is 5.60. The van der Waals surface area contributed by atoms with Crippen LogP contribution >= 0.6 is 0 Å². The molecule has 2 aliphatic rings. The molecule has 0 aromatic heterocycles. The highest BCUT2D eigenvalue weighted by Crippen LogP contribution is 2.25. The zero-order valence-electron chi connectivity index (χ0n) is 12.2. The van der Waals surface area contributed by atoms with Crippen molar-refractivity contribution < 1.29 is 14.3 Å². The Labute approximate surface area is 125 Å². The number of amides is 1. The van der Waals surface area contributed by atoms with Crippen LogP contribution in [0.5, 0.6) is 5.75 Å². The quantitative estimate of drug-likeness (QED) is 0.869. The first-order valence-corrected chi connectivity index (χ1v) is 7.64. The number of benzene rings is 1. The van der Waals surface area contributed by atoms with E-state index in [0.717, 1.165) is 43.9 Å². The fraction of sp³-hybridized carbons (Fsp3) is 0.562. The van der Waals surface area contributed by atoms with Gasteiger partial charge in [0.05, 0.1) is 19.8 Å². The maximum Gasteiger partial charge on any atom is 0.221 e. The standard InChI is InChI=1S/C16H22N2O3/c19-16(9-14-11-20-7-5-17-14)18-10-12-3-4-15-13(8-12)2-1-6-21-15/h3-4,8,14,17H,1-2,5-7,9-11H2,(H,18,19)/t14-/m1/s1. The third kappa shape index (κ3) is 3.95. The van der Waals surface area contributed by atoms with Crippen molar-refractivity contribution in [2.45, 2.75) is 31.8 Å². The average Bonchev–Trinajstić information content (AvgIpc) is 2.54. The van der Waals surface area contributed by atoms with Crippen molar-refractivity contribution in [2.75, 3.05) is 26.4 Å². The van der Waals surface area contributed by atoms with Gasteiger partial charge in [0.2, 0.25) is 5.91 Å². The van der Waals surface area contributed by atoms with E-state index in [0.29, 0.717) is 19.6 Å². The van der Waals surface area contributed by atoms with Crippen LogP contribution in [0.15, 0.2) is 18.2 Å². The van der Waals surface area contributed by atoms with E-state index in [-0.39, 0.29) is 11.9 Å². The highest BCUT2D eigenvalue weighted by molar-refractivity contribution is 5.76. The molecule has 1 atom stereocenters. The van der Waals surface area contributed by atoms with Gasteiger partial charge in [0, 0.05) is 25.6 Å². The molecule has 0 radical (unpaired) electrons. The van der Waals surface area contributed by atoms with Gasteiger partial charge in [-0.15, -0.1) is 0 Å². The lowest BCUT2D eigenvalue weighted by molar-refractivity contribution is -0.122. The predicted octanol–water partition coefficient (Wildman–Crippen LogP) is 1.01. The zero-order chi connectivity index (χ0) is 14.5. The molecule has 2 aliphatic heterocycles. The van der Waals surface area contributed by atoms with E-state index in [1.807, 2.05) is 12.1 Å². The number of hydrogen-bond acceptors (Lipinski definition) is 4. The van der Waals surface area contributed by atoms with Crippen LogP contribution in [-0.4, -0.2) is 38.3 Å². The Kier molecular flexibility index (Phi) is 4.72. The van der Waals surface area contributed by atoms with E-state index in [4.69, 9.17) is 9.47 Å². The maximum atomic E-state index is 11.9. The third-order valence-corrected chi connectivity index (χ3v) is 3.89. The van der Waals surface area contributed by atoms with Gasteiger partial charge in [0.1, 0.15) is 5.75 Å². The van der Waals surface area contributed by atoms with E-state index in [1.54, 1.807) is 0 Å². The number of hydrogen-bond donors (Lipinski definition) is 2. The molecular weight excluding hydrogens is 268 g/mol. The molecule has 2 heterocycles. The van der Waals surface area contributed by atoms with Crippen LogP contribution in [0.4, 0.5) is 0 Å². The smallest absolute Gasteiger partial charge is 0.221 e. The Morgan fingerprint density at radius 2 is 2.33 bits per heavy atom. The minimum absolute atomic E-state index is 0.0620. The molecule has 0 bridgehead atoms. The summed E-state index contributed by atoms with van der Waals surface area (Å²) >= 11 is 0. The van der Waals surface area contributed by atoms with Crippen molar-refractivity contribution in [2.24, 2.45) is 0 Å². The summed E-state index contributed by atoms with van der Waals surface area (Å²) in [4.78, 5) is 11.9. The number of nitrogens with one attached hydrogen (secondary N) is 2. The summed E-state index contributed by atoms with van der Waals surface area (Å²) in [6, 6.07) is 6.30. The van der Waals surface area contributed by atoms with Crippen LogP contribution in [0.2, 0.25) is 0 Å². The maximum absolute atomic E-state index is 11.9. The van der Waals surface area contributed by atoms with E-state index < -0.39 is 0 Å². The van der Waals surface area contributed by atoms with Crippen LogP contribution in [0, 0.1) is 0 Å². The molecule has 2 N–H and O–H groups in total. The molecule has 0 unspecified atom stereocenters. The molecule has 0 spiro atoms. The second-order valence-electron chi connectivity index (χ2n) is 5.60. The van der Waals surface area contributed by atoms with Gasteiger partial charge >= 0.3 is 0 Å². The molecule has 21 heavy (non-hydrogen) atoms. The molecule has 5 heteroatoms. The molecule has 1 aromatic rings. The monoisotopic (exact) mass is 290 g/mol. The number of ether oxygens (including phenoxy) is 2. The van der Waals surface area contributed by atoms with Gasteiger partial charge in [-0.25, -0.2) is 0 Å². The van der Waals surface area contributed by atoms with Gasteiger partial charge < -0.3 is 20.1 Å². The van der Waals surface area contributed by atoms with Gasteiger partial charge in [-0.05, 0) is 30.0 Å². The van der Waals surface area contributed by atoms with Gasteiger partial charge in [0.15, 0.2) is 0 Å². The first-order valence-electron chi connectivity index (χ1n) is 7.64. The molecule has 5 nitrogen and oxygen atoms in total. The minimum Gasteiger partial charge on any atom is -0.493 e. The number of aryl methyl sites for hydroxylation is 1. The topological polar surface area (TPSA) is 59.6 Å². The van der Waals surface area contributed by atoms with Gasteiger partial charge in [-0.1, -0.05) is 12.1 Å². The Bertz CT molecular complexity index is 498. The van der Waals surface area contributed by atoms with Crippen LogP contribution < -0.4 is 15.4 Å². The molecular formula is C16H22N2O3. The number of morpholine rings is 1. The molecule has 114 valence electrons. The second kappa shape index (κ2) is 6.91. The number of carbonyl (C=O) groups excluding carboxylic acids is 1. The fourth-order valence-corrected chi connectivity index (χ4v) is 2.77. The van der Waals surface area contributed by atoms with Crippen LogP contribution in [0.3, 0.4) is 0 Å². The summed E-state index contributed by atoms with van der Waals surface area (Å²) in [6.45, 7) is 3.54. The van der Waals surface area contributed by atoms with Gasteiger partial charge in [0.25, 0.3) is 0 Å². The Morgan fingerprint density at radius 1 is 1.38 bits per heavy atom. The summed E-state index contributed by atoms with van der Waals surface area (Å²) in [6.07, 6.45) is 2.59. The van der Waals surface area contributed by atoms with Crippen LogP contribution in [0.1, 0.15) is 24.0 Å². The predicted molar refractivity (Wildman–Crippen MR) is 79.3 cm³/mol. The lowest BCUT2D eigenvalue weighted by Gasteiger charge is -2.23. The number of rotatable bonds is 4. The van der Waals surface area contributed by atoms with E-state index in [1.165, 1.54) is 5.56 Å². The highest BCUT2D eigenvalue weighted by Gasteiger charge is 2.17. The third-order valence-electron chi connectivity index (χ3n) is 3.89. The molecule has 0 saturated carbocycles. The van der Waals surface area contributed by atoms with Crippen molar-refractivity contribution >= 4 is 5.91 Å². The Balaban J connectivity index is 1.49. The molecule has 1 fully saturated rings. The van der Waals surface area contributed by atoms with E-state index in [9.17, 15) is 4.79 Å². The molecule has 1 aromatic carbocycles. The van der Waals surface area contributed by atoms with Crippen molar-refractivity contribution in [1.82, 2.24) is 10.6 Å². The number of fused-ring (bicyclic) bond motifs is 1. The van der Waals surface area contributed by atoms with Crippen molar-refractivity contribution in [3.05, 3.63) is 29.3 Å². The average molecular weight is 290 g/mol. The Hall–Kier alpha value is -1.59. The highest BCUT2D eigenvalue weighted by atomic mass is 16.5.